The molecule has 0 fully saturated rings. The second-order valence-corrected chi connectivity index (χ2v) is 4.96. The number of rotatable bonds is 1. The number of nitrogens with zero attached hydrogens (tertiary/aromatic N) is 1. The third-order valence-electron chi connectivity index (χ3n) is 2.70. The number of phenols is 1. The van der Waals surface area contributed by atoms with Crippen molar-refractivity contribution >= 4 is 11.5 Å². The Hall–Kier alpha value is -1.71. The molecule has 1 heterocycles. The summed E-state index contributed by atoms with van der Waals surface area (Å²) in [6, 6.07) is 5.19. The number of nitrogens with one attached hydrogen (secondary N) is 1. The molecule has 0 radical (unpaired) electrons. The van der Waals surface area contributed by atoms with Crippen molar-refractivity contribution in [3.05, 3.63) is 23.8 Å². The molecule has 0 aromatic heterocycles. The maximum atomic E-state index is 9.53. The van der Waals surface area contributed by atoms with Gasteiger partial charge in [0.2, 0.25) is 0 Å². The molecule has 1 aromatic carbocycles. The summed E-state index contributed by atoms with van der Waals surface area (Å²) in [5, 5.41) is 12.8. The Morgan fingerprint density at radius 2 is 2.19 bits per heavy atom. The molecule has 0 saturated heterocycles. The van der Waals surface area contributed by atoms with Crippen LogP contribution in [0.1, 0.15) is 19.4 Å². The SMILES string of the molecule is CC1(C)CN=C(c2ccc(N)c(O)c2)NC1. The monoisotopic (exact) mass is 219 g/mol. The van der Waals surface area contributed by atoms with Gasteiger partial charge in [-0.15, -0.1) is 0 Å². The van der Waals surface area contributed by atoms with E-state index in [1.165, 1.54) is 0 Å². The number of aliphatic imine (C=N–C) groups is 1. The molecule has 0 unspecified atom stereocenters. The van der Waals surface area contributed by atoms with Crippen LogP contribution < -0.4 is 11.1 Å². The molecule has 2 rings (SSSR count). The zero-order chi connectivity index (χ0) is 11.8. The highest BCUT2D eigenvalue weighted by Crippen LogP contribution is 2.23. The minimum Gasteiger partial charge on any atom is -0.506 e. The Bertz CT molecular complexity index is 438. The Balaban J connectivity index is 2.26. The number of anilines is 1. The fourth-order valence-electron chi connectivity index (χ4n) is 1.61. The number of hydrogen-bond donors (Lipinski definition) is 3. The molecule has 4 N–H and O–H groups in total. The second-order valence-electron chi connectivity index (χ2n) is 4.96. The molecule has 4 nitrogen and oxygen atoms in total. The molecular weight excluding hydrogens is 202 g/mol. The highest BCUT2D eigenvalue weighted by molar-refractivity contribution is 6.00. The van der Waals surface area contributed by atoms with E-state index in [1.807, 2.05) is 6.07 Å². The molecule has 0 spiro atoms. The van der Waals surface area contributed by atoms with Gasteiger partial charge in [0.05, 0.1) is 5.69 Å². The molecule has 4 heteroatoms. The predicted molar refractivity (Wildman–Crippen MR) is 65.7 cm³/mol. The van der Waals surface area contributed by atoms with Crippen molar-refractivity contribution in [2.45, 2.75) is 13.8 Å². The lowest BCUT2D eigenvalue weighted by Gasteiger charge is -2.29. The third kappa shape index (κ3) is 2.10. The summed E-state index contributed by atoms with van der Waals surface area (Å²) in [4.78, 5) is 4.48. The number of benzene rings is 1. The van der Waals surface area contributed by atoms with Crippen LogP contribution in [0, 0.1) is 5.41 Å². The first-order valence-electron chi connectivity index (χ1n) is 5.35. The highest BCUT2D eigenvalue weighted by atomic mass is 16.3. The van der Waals surface area contributed by atoms with Gasteiger partial charge in [-0.1, -0.05) is 13.8 Å². The minimum absolute atomic E-state index is 0.104. The molecule has 0 aliphatic carbocycles. The van der Waals surface area contributed by atoms with Crippen molar-refractivity contribution in [1.82, 2.24) is 5.32 Å². The summed E-state index contributed by atoms with van der Waals surface area (Å²) < 4.78 is 0. The summed E-state index contributed by atoms with van der Waals surface area (Å²) in [7, 11) is 0. The predicted octanol–water partition coefficient (Wildman–Crippen LogP) is 1.35. The topological polar surface area (TPSA) is 70.6 Å². The van der Waals surface area contributed by atoms with Crippen LogP contribution in [0.15, 0.2) is 23.2 Å². The van der Waals surface area contributed by atoms with E-state index in [2.05, 4.69) is 24.2 Å². The van der Waals surface area contributed by atoms with Gasteiger partial charge in [-0.2, -0.15) is 0 Å². The van der Waals surface area contributed by atoms with Crippen LogP contribution in [0.4, 0.5) is 5.69 Å². The first-order chi connectivity index (χ1) is 7.48. The molecular formula is C12H17N3O. The molecule has 0 bridgehead atoms. The van der Waals surface area contributed by atoms with E-state index in [0.717, 1.165) is 24.5 Å². The summed E-state index contributed by atoms with van der Waals surface area (Å²) >= 11 is 0. The molecule has 86 valence electrons. The number of aromatic hydroxyl groups is 1. The fourth-order valence-corrected chi connectivity index (χ4v) is 1.61. The largest absolute Gasteiger partial charge is 0.506 e. The van der Waals surface area contributed by atoms with Gasteiger partial charge in [-0.3, -0.25) is 4.99 Å². The van der Waals surface area contributed by atoms with Crippen LogP contribution in [0.3, 0.4) is 0 Å². The van der Waals surface area contributed by atoms with Gasteiger partial charge in [0, 0.05) is 24.1 Å². The van der Waals surface area contributed by atoms with Gasteiger partial charge >= 0.3 is 0 Å². The van der Waals surface area contributed by atoms with Crippen LogP contribution in [-0.4, -0.2) is 24.0 Å². The summed E-state index contributed by atoms with van der Waals surface area (Å²) in [6.45, 7) is 6.01. The fraction of sp³-hybridized carbons (Fsp3) is 0.417. The molecule has 0 atom stereocenters. The van der Waals surface area contributed by atoms with Crippen molar-refractivity contribution < 1.29 is 5.11 Å². The Morgan fingerprint density at radius 1 is 1.44 bits per heavy atom. The second kappa shape index (κ2) is 3.70. The van der Waals surface area contributed by atoms with Gasteiger partial charge in [0.1, 0.15) is 11.6 Å². The van der Waals surface area contributed by atoms with Gasteiger partial charge in [0.15, 0.2) is 0 Å². The normalized spacial score (nSPS) is 18.8. The zero-order valence-electron chi connectivity index (χ0n) is 9.62. The van der Waals surface area contributed by atoms with Gasteiger partial charge in [-0.05, 0) is 18.2 Å². The maximum absolute atomic E-state index is 9.53. The quantitative estimate of drug-likeness (QED) is 0.493. The average molecular weight is 219 g/mol. The Kier molecular flexibility index (Phi) is 2.50. The molecule has 1 aliphatic heterocycles. The van der Waals surface area contributed by atoms with Crippen molar-refractivity contribution in [1.29, 1.82) is 0 Å². The van der Waals surface area contributed by atoms with Gasteiger partial charge in [0.25, 0.3) is 0 Å². The minimum atomic E-state index is 0.104. The lowest BCUT2D eigenvalue weighted by molar-refractivity contribution is 0.362. The van der Waals surface area contributed by atoms with E-state index in [1.54, 1.807) is 12.1 Å². The lowest BCUT2D eigenvalue weighted by Crippen LogP contribution is -2.41. The number of amidine groups is 1. The molecule has 1 aliphatic rings. The third-order valence-corrected chi connectivity index (χ3v) is 2.70. The van der Waals surface area contributed by atoms with Crippen LogP contribution in [0.25, 0.3) is 0 Å². The maximum Gasteiger partial charge on any atom is 0.139 e. The summed E-state index contributed by atoms with van der Waals surface area (Å²) in [6.07, 6.45) is 0. The van der Waals surface area contributed by atoms with E-state index in [0.29, 0.717) is 5.69 Å². The highest BCUT2D eigenvalue weighted by Gasteiger charge is 2.22. The smallest absolute Gasteiger partial charge is 0.139 e. The number of hydrogen-bond acceptors (Lipinski definition) is 4. The van der Waals surface area contributed by atoms with Crippen LogP contribution in [0.5, 0.6) is 5.75 Å². The van der Waals surface area contributed by atoms with Crippen LogP contribution >= 0.6 is 0 Å². The van der Waals surface area contributed by atoms with E-state index in [4.69, 9.17) is 5.73 Å². The van der Waals surface area contributed by atoms with E-state index in [9.17, 15) is 5.11 Å². The zero-order valence-corrected chi connectivity index (χ0v) is 9.62. The van der Waals surface area contributed by atoms with E-state index < -0.39 is 0 Å². The molecule has 16 heavy (non-hydrogen) atoms. The number of phenolic OH excluding ortho intramolecular Hbond substituents is 1. The molecule has 1 aromatic rings. The molecule has 0 amide bonds. The number of nitrogens with two attached hydrogens (primary N) is 1. The van der Waals surface area contributed by atoms with E-state index in [-0.39, 0.29) is 11.2 Å². The van der Waals surface area contributed by atoms with Crippen LogP contribution in [0.2, 0.25) is 0 Å². The van der Waals surface area contributed by atoms with Crippen molar-refractivity contribution in [2.75, 3.05) is 18.8 Å². The van der Waals surface area contributed by atoms with Crippen LogP contribution in [-0.2, 0) is 0 Å². The average Bonchev–Trinajstić information content (AvgIpc) is 2.22. The van der Waals surface area contributed by atoms with Crippen molar-refractivity contribution in [3.63, 3.8) is 0 Å². The van der Waals surface area contributed by atoms with Gasteiger partial charge < -0.3 is 16.2 Å². The lowest BCUT2D eigenvalue weighted by atomic mass is 9.92. The van der Waals surface area contributed by atoms with E-state index >= 15 is 0 Å². The first-order valence-corrected chi connectivity index (χ1v) is 5.35. The van der Waals surface area contributed by atoms with Crippen molar-refractivity contribution in [2.24, 2.45) is 10.4 Å². The summed E-state index contributed by atoms with van der Waals surface area (Å²) in [5.41, 5.74) is 7.01. The van der Waals surface area contributed by atoms with Gasteiger partial charge in [-0.25, -0.2) is 0 Å². The number of nitrogen functional groups attached to an aromatic ring is 1. The summed E-state index contributed by atoms with van der Waals surface area (Å²) in [5.74, 6) is 0.932. The Morgan fingerprint density at radius 3 is 2.75 bits per heavy atom. The standard InChI is InChI=1S/C12H17N3O/c1-12(2)6-14-11(15-7-12)8-3-4-9(13)10(16)5-8/h3-5,16H,6-7,13H2,1-2H3,(H,14,15). The first kappa shape index (κ1) is 10.8. The van der Waals surface area contributed by atoms with Crippen molar-refractivity contribution in [3.8, 4) is 5.75 Å². The molecule has 0 saturated carbocycles. The Labute approximate surface area is 95.2 Å².